The van der Waals surface area contributed by atoms with Crippen LogP contribution in [0.3, 0.4) is 0 Å². The lowest BCUT2D eigenvalue weighted by Crippen LogP contribution is -2.41. The zero-order valence-corrected chi connectivity index (χ0v) is 11.5. The van der Waals surface area contributed by atoms with Gasteiger partial charge in [-0.1, -0.05) is 6.42 Å². The van der Waals surface area contributed by atoms with Crippen molar-refractivity contribution in [3.8, 4) is 0 Å². The zero-order valence-electron chi connectivity index (χ0n) is 10.7. The van der Waals surface area contributed by atoms with Gasteiger partial charge in [0.15, 0.2) is 0 Å². The van der Waals surface area contributed by atoms with Gasteiger partial charge in [-0.05, 0) is 32.7 Å². The van der Waals surface area contributed by atoms with Gasteiger partial charge in [0, 0.05) is 19.1 Å². The minimum absolute atomic E-state index is 0.141. The molecule has 0 saturated carbocycles. The normalized spacial score (nSPS) is 23.9. The van der Waals surface area contributed by atoms with E-state index in [1.165, 1.54) is 24.2 Å². The predicted molar refractivity (Wildman–Crippen MR) is 68.4 cm³/mol. The number of rotatable bonds is 6. The van der Waals surface area contributed by atoms with Crippen molar-refractivity contribution in [2.75, 3.05) is 26.0 Å². The second-order valence-electron chi connectivity index (χ2n) is 4.80. The molecular formula is C11H24N2O3S. The Morgan fingerprint density at radius 3 is 2.71 bits per heavy atom. The number of hydrogen-bond acceptors (Lipinski definition) is 4. The zero-order chi connectivity index (χ0) is 12.9. The van der Waals surface area contributed by atoms with E-state index in [-0.39, 0.29) is 18.4 Å². The molecule has 0 spiro atoms. The van der Waals surface area contributed by atoms with Gasteiger partial charge in [0.2, 0.25) is 10.0 Å². The van der Waals surface area contributed by atoms with Gasteiger partial charge < -0.3 is 10.4 Å². The first-order valence-corrected chi connectivity index (χ1v) is 7.88. The summed E-state index contributed by atoms with van der Waals surface area (Å²) in [5, 5.41) is 12.3. The molecule has 0 bridgehead atoms. The Labute approximate surface area is 104 Å². The molecule has 1 aliphatic heterocycles. The summed E-state index contributed by atoms with van der Waals surface area (Å²) in [6.07, 6.45) is 4.09. The van der Waals surface area contributed by atoms with Crippen molar-refractivity contribution in [1.82, 2.24) is 9.62 Å². The standard InChI is InChI=1S/C11H24N2O3S/c1-10(9-14)13(2)17(15,16)8-6-11-5-3-4-7-12-11/h10-12,14H,3-9H2,1-2H3. The molecule has 0 aromatic rings. The highest BCUT2D eigenvalue weighted by Gasteiger charge is 2.24. The molecule has 2 atom stereocenters. The summed E-state index contributed by atoms with van der Waals surface area (Å²) in [6.45, 7) is 2.56. The highest BCUT2D eigenvalue weighted by Crippen LogP contribution is 2.13. The number of aliphatic hydroxyl groups is 1. The topological polar surface area (TPSA) is 69.6 Å². The van der Waals surface area contributed by atoms with E-state index in [0.29, 0.717) is 12.5 Å². The number of sulfonamides is 1. The van der Waals surface area contributed by atoms with E-state index in [4.69, 9.17) is 5.11 Å². The van der Waals surface area contributed by atoms with Crippen LogP contribution in [0.25, 0.3) is 0 Å². The molecule has 5 nitrogen and oxygen atoms in total. The van der Waals surface area contributed by atoms with Crippen LogP contribution in [0.4, 0.5) is 0 Å². The van der Waals surface area contributed by atoms with E-state index in [1.54, 1.807) is 6.92 Å². The monoisotopic (exact) mass is 264 g/mol. The van der Waals surface area contributed by atoms with Crippen LogP contribution in [-0.2, 0) is 10.0 Å². The van der Waals surface area contributed by atoms with Crippen LogP contribution in [0.15, 0.2) is 0 Å². The molecule has 0 amide bonds. The molecular weight excluding hydrogens is 240 g/mol. The fraction of sp³-hybridized carbons (Fsp3) is 1.00. The number of nitrogens with one attached hydrogen (secondary N) is 1. The van der Waals surface area contributed by atoms with Crippen molar-refractivity contribution < 1.29 is 13.5 Å². The average molecular weight is 264 g/mol. The first-order valence-electron chi connectivity index (χ1n) is 6.27. The molecule has 102 valence electrons. The summed E-state index contributed by atoms with van der Waals surface area (Å²) < 4.78 is 25.2. The lowest BCUT2D eigenvalue weighted by molar-refractivity contribution is 0.213. The Hall–Kier alpha value is -0.170. The van der Waals surface area contributed by atoms with E-state index in [2.05, 4.69) is 5.32 Å². The molecule has 0 aromatic heterocycles. The minimum atomic E-state index is -3.24. The highest BCUT2D eigenvalue weighted by atomic mass is 32.2. The third kappa shape index (κ3) is 4.54. The number of nitrogens with zero attached hydrogens (tertiary/aromatic N) is 1. The van der Waals surface area contributed by atoms with Crippen molar-refractivity contribution in [2.45, 2.75) is 44.7 Å². The van der Waals surface area contributed by atoms with Crippen LogP contribution in [0.1, 0.15) is 32.6 Å². The number of aliphatic hydroxyl groups excluding tert-OH is 1. The van der Waals surface area contributed by atoms with Crippen molar-refractivity contribution in [1.29, 1.82) is 0 Å². The van der Waals surface area contributed by atoms with Crippen LogP contribution >= 0.6 is 0 Å². The summed E-state index contributed by atoms with van der Waals surface area (Å²) >= 11 is 0. The maximum Gasteiger partial charge on any atom is 0.214 e. The van der Waals surface area contributed by atoms with E-state index in [1.807, 2.05) is 0 Å². The molecule has 1 rings (SSSR count). The Morgan fingerprint density at radius 2 is 2.18 bits per heavy atom. The lowest BCUT2D eigenvalue weighted by atomic mass is 10.0. The quantitative estimate of drug-likeness (QED) is 0.717. The third-order valence-electron chi connectivity index (χ3n) is 3.46. The van der Waals surface area contributed by atoms with Crippen LogP contribution in [0.2, 0.25) is 0 Å². The van der Waals surface area contributed by atoms with Crippen molar-refractivity contribution in [2.24, 2.45) is 0 Å². The van der Waals surface area contributed by atoms with Crippen molar-refractivity contribution >= 4 is 10.0 Å². The van der Waals surface area contributed by atoms with Gasteiger partial charge in [0.25, 0.3) is 0 Å². The third-order valence-corrected chi connectivity index (χ3v) is 5.45. The molecule has 1 aliphatic rings. The summed E-state index contributed by atoms with van der Waals surface area (Å²) in [5.74, 6) is 0.158. The van der Waals surface area contributed by atoms with Gasteiger partial charge in [-0.25, -0.2) is 8.42 Å². The van der Waals surface area contributed by atoms with Gasteiger partial charge in [-0.2, -0.15) is 4.31 Å². The summed E-state index contributed by atoms with van der Waals surface area (Å²) in [7, 11) is -1.71. The van der Waals surface area contributed by atoms with E-state index in [9.17, 15) is 8.42 Å². The molecule has 6 heteroatoms. The predicted octanol–water partition coefficient (Wildman–Crippen LogP) is 0.161. The number of hydrogen-bond donors (Lipinski definition) is 2. The maximum absolute atomic E-state index is 12.0. The Balaban J connectivity index is 2.43. The smallest absolute Gasteiger partial charge is 0.214 e. The number of piperidine rings is 1. The van der Waals surface area contributed by atoms with Gasteiger partial charge in [-0.15, -0.1) is 0 Å². The van der Waals surface area contributed by atoms with Crippen LogP contribution < -0.4 is 5.32 Å². The van der Waals surface area contributed by atoms with Crippen molar-refractivity contribution in [3.05, 3.63) is 0 Å². The molecule has 2 unspecified atom stereocenters. The first-order chi connectivity index (χ1) is 7.97. The molecule has 1 saturated heterocycles. The molecule has 1 heterocycles. The second-order valence-corrected chi connectivity index (χ2v) is 6.95. The summed E-state index contributed by atoms with van der Waals surface area (Å²) in [6, 6.07) is -0.0179. The van der Waals surface area contributed by atoms with Gasteiger partial charge >= 0.3 is 0 Å². The van der Waals surface area contributed by atoms with E-state index < -0.39 is 10.0 Å². The molecule has 0 radical (unpaired) electrons. The second kappa shape index (κ2) is 6.68. The van der Waals surface area contributed by atoms with Crippen LogP contribution in [-0.4, -0.2) is 55.9 Å². The van der Waals surface area contributed by atoms with Crippen LogP contribution in [0.5, 0.6) is 0 Å². The average Bonchev–Trinajstić information content (AvgIpc) is 2.36. The largest absolute Gasteiger partial charge is 0.395 e. The van der Waals surface area contributed by atoms with E-state index >= 15 is 0 Å². The minimum Gasteiger partial charge on any atom is -0.395 e. The molecule has 0 aromatic carbocycles. The Kier molecular flexibility index (Phi) is 5.85. The fourth-order valence-electron chi connectivity index (χ4n) is 1.99. The first kappa shape index (κ1) is 14.9. The van der Waals surface area contributed by atoms with E-state index in [0.717, 1.165) is 13.0 Å². The van der Waals surface area contributed by atoms with Gasteiger partial charge in [-0.3, -0.25) is 0 Å². The molecule has 1 fully saturated rings. The molecule has 17 heavy (non-hydrogen) atoms. The molecule has 0 aliphatic carbocycles. The Morgan fingerprint density at radius 1 is 1.47 bits per heavy atom. The fourth-order valence-corrected chi connectivity index (χ4v) is 3.48. The highest BCUT2D eigenvalue weighted by molar-refractivity contribution is 7.89. The summed E-state index contributed by atoms with van der Waals surface area (Å²) in [5.41, 5.74) is 0. The number of likely N-dealkylation sites (N-methyl/N-ethyl adjacent to an activating group) is 1. The van der Waals surface area contributed by atoms with Crippen LogP contribution in [0, 0.1) is 0 Å². The summed E-state index contributed by atoms with van der Waals surface area (Å²) in [4.78, 5) is 0. The van der Waals surface area contributed by atoms with Gasteiger partial charge in [0.1, 0.15) is 0 Å². The lowest BCUT2D eigenvalue weighted by Gasteiger charge is -2.26. The van der Waals surface area contributed by atoms with Crippen molar-refractivity contribution in [3.63, 3.8) is 0 Å². The molecule has 2 N–H and O–H groups in total. The van der Waals surface area contributed by atoms with Gasteiger partial charge in [0.05, 0.1) is 12.4 Å². The SMILES string of the molecule is CC(CO)N(C)S(=O)(=O)CCC1CCCCN1. The maximum atomic E-state index is 12.0. The Bertz CT molecular complexity index is 313.